The quantitative estimate of drug-likeness (QED) is 0.286. The summed E-state index contributed by atoms with van der Waals surface area (Å²) in [5.41, 5.74) is 1.40. The topological polar surface area (TPSA) is 6.48 Å². The lowest BCUT2D eigenvalue weighted by Gasteiger charge is -2.35. The second-order valence-electron chi connectivity index (χ2n) is 8.80. The van der Waals surface area contributed by atoms with E-state index in [9.17, 15) is 0 Å². The number of hydrogen-bond donors (Lipinski definition) is 0. The maximum absolute atomic E-state index is 2.54. The molecule has 1 heterocycles. The van der Waals surface area contributed by atoms with Crippen molar-refractivity contribution in [1.82, 2.24) is 9.80 Å². The molecule has 1 aromatic rings. The van der Waals surface area contributed by atoms with E-state index in [0.29, 0.717) is 12.2 Å². The molecular formula is C26H44N2. The summed E-state index contributed by atoms with van der Waals surface area (Å²) in [7, 11) is 0. The van der Waals surface area contributed by atoms with Crippen LogP contribution in [0.3, 0.4) is 0 Å². The Morgan fingerprint density at radius 3 is 1.89 bits per heavy atom. The smallest absolute Gasteiger partial charge is 0.101 e. The fraction of sp³-hybridized carbons (Fsp3) is 0.692. The van der Waals surface area contributed by atoms with Crippen LogP contribution in [0.4, 0.5) is 0 Å². The summed E-state index contributed by atoms with van der Waals surface area (Å²) in [6.07, 6.45) is 22.0. The van der Waals surface area contributed by atoms with Crippen molar-refractivity contribution in [2.45, 2.75) is 117 Å². The maximum Gasteiger partial charge on any atom is 0.101 e. The van der Waals surface area contributed by atoms with Crippen molar-refractivity contribution in [3.63, 3.8) is 0 Å². The van der Waals surface area contributed by atoms with Crippen LogP contribution >= 0.6 is 0 Å². The molecular weight excluding hydrogens is 340 g/mol. The van der Waals surface area contributed by atoms with E-state index in [-0.39, 0.29) is 0 Å². The zero-order chi connectivity index (χ0) is 20.0. The Morgan fingerprint density at radius 2 is 1.32 bits per heavy atom. The van der Waals surface area contributed by atoms with Crippen LogP contribution in [0.1, 0.15) is 103 Å². The van der Waals surface area contributed by atoms with Gasteiger partial charge in [-0.3, -0.25) is 0 Å². The minimum atomic E-state index is 0.527. The molecule has 0 radical (unpaired) electrons. The van der Waals surface area contributed by atoms with Crippen LogP contribution in [0.15, 0.2) is 42.7 Å². The van der Waals surface area contributed by atoms with Crippen molar-refractivity contribution in [1.29, 1.82) is 0 Å². The molecule has 1 unspecified atom stereocenters. The highest BCUT2D eigenvalue weighted by molar-refractivity contribution is 5.16. The lowest BCUT2D eigenvalue weighted by Crippen LogP contribution is -2.41. The molecule has 1 aliphatic rings. The van der Waals surface area contributed by atoms with Crippen LogP contribution in [0.25, 0.3) is 0 Å². The van der Waals surface area contributed by atoms with Crippen LogP contribution in [0, 0.1) is 0 Å². The van der Waals surface area contributed by atoms with Crippen LogP contribution in [0.5, 0.6) is 0 Å². The lowest BCUT2D eigenvalue weighted by atomic mass is 10.0. The molecule has 1 aliphatic heterocycles. The second kappa shape index (κ2) is 13.7. The molecule has 28 heavy (non-hydrogen) atoms. The van der Waals surface area contributed by atoms with Crippen LogP contribution < -0.4 is 0 Å². The van der Waals surface area contributed by atoms with Gasteiger partial charge in [-0.05, 0) is 32.3 Å². The van der Waals surface area contributed by atoms with Gasteiger partial charge in [0.2, 0.25) is 0 Å². The first-order valence-electron chi connectivity index (χ1n) is 12.0. The van der Waals surface area contributed by atoms with E-state index in [4.69, 9.17) is 0 Å². The van der Waals surface area contributed by atoms with Crippen molar-refractivity contribution in [3.8, 4) is 0 Å². The predicted octanol–water partition coefficient (Wildman–Crippen LogP) is 7.71. The molecule has 0 saturated carbocycles. The average Bonchev–Trinajstić information content (AvgIpc) is 3.09. The predicted molar refractivity (Wildman–Crippen MR) is 123 cm³/mol. The fourth-order valence-electron chi connectivity index (χ4n) is 4.31. The zero-order valence-corrected chi connectivity index (χ0v) is 18.8. The summed E-state index contributed by atoms with van der Waals surface area (Å²) in [4.78, 5) is 5.07. The van der Waals surface area contributed by atoms with E-state index in [2.05, 4.69) is 73.3 Å². The molecule has 2 rings (SSSR count). The third kappa shape index (κ3) is 8.29. The van der Waals surface area contributed by atoms with Gasteiger partial charge in [0.15, 0.2) is 0 Å². The fourth-order valence-corrected chi connectivity index (χ4v) is 4.31. The summed E-state index contributed by atoms with van der Waals surface area (Å²) >= 11 is 0. The number of rotatable bonds is 15. The number of nitrogens with zero attached hydrogens (tertiary/aromatic N) is 2. The van der Waals surface area contributed by atoms with Crippen molar-refractivity contribution in [2.24, 2.45) is 0 Å². The van der Waals surface area contributed by atoms with Crippen molar-refractivity contribution >= 4 is 0 Å². The van der Waals surface area contributed by atoms with Crippen LogP contribution in [-0.2, 0) is 6.54 Å². The first-order valence-corrected chi connectivity index (χ1v) is 12.0. The summed E-state index contributed by atoms with van der Waals surface area (Å²) < 4.78 is 0. The molecule has 0 N–H and O–H groups in total. The van der Waals surface area contributed by atoms with E-state index in [1.54, 1.807) is 0 Å². The molecule has 2 heteroatoms. The highest BCUT2D eigenvalue weighted by Gasteiger charge is 2.27. The van der Waals surface area contributed by atoms with Gasteiger partial charge in [-0.25, -0.2) is 0 Å². The number of unbranched alkanes of at least 4 members (excludes halogenated alkanes) is 10. The van der Waals surface area contributed by atoms with Crippen molar-refractivity contribution in [3.05, 3.63) is 48.3 Å². The standard InChI is InChI=1S/C26H44N2/c1-4-5-6-7-8-9-10-11-12-13-17-20-26-27(21-22-28(26)24(2)3)23-25-18-15-14-16-19-25/h14-16,18-19,21-22,24,26H,4-13,17,20,23H2,1-3H3. The van der Waals surface area contributed by atoms with E-state index in [1.165, 1.54) is 82.6 Å². The molecule has 0 fully saturated rings. The third-order valence-electron chi connectivity index (χ3n) is 6.03. The molecule has 1 atom stereocenters. The molecule has 0 aromatic heterocycles. The summed E-state index contributed by atoms with van der Waals surface area (Å²) in [6.45, 7) is 7.93. The molecule has 1 aromatic carbocycles. The summed E-state index contributed by atoms with van der Waals surface area (Å²) in [6, 6.07) is 11.4. The first-order chi connectivity index (χ1) is 13.7. The first kappa shape index (κ1) is 22.8. The van der Waals surface area contributed by atoms with Crippen LogP contribution in [0.2, 0.25) is 0 Å². The molecule has 0 spiro atoms. The highest BCUT2D eigenvalue weighted by atomic mass is 15.4. The Balaban J connectivity index is 1.62. The van der Waals surface area contributed by atoms with Crippen molar-refractivity contribution in [2.75, 3.05) is 0 Å². The van der Waals surface area contributed by atoms with E-state index in [0.717, 1.165) is 6.54 Å². The van der Waals surface area contributed by atoms with Crippen LogP contribution in [-0.4, -0.2) is 22.0 Å². The van der Waals surface area contributed by atoms with E-state index >= 15 is 0 Å². The average molecular weight is 385 g/mol. The summed E-state index contributed by atoms with van der Waals surface area (Å²) in [5.74, 6) is 0. The van der Waals surface area contributed by atoms with Gasteiger partial charge in [-0.2, -0.15) is 0 Å². The minimum Gasteiger partial charge on any atom is -0.354 e. The van der Waals surface area contributed by atoms with Gasteiger partial charge in [0, 0.05) is 25.0 Å². The Morgan fingerprint density at radius 1 is 0.750 bits per heavy atom. The Kier molecular flexibility index (Phi) is 11.2. The van der Waals surface area contributed by atoms with E-state index < -0.39 is 0 Å². The zero-order valence-electron chi connectivity index (χ0n) is 18.8. The summed E-state index contributed by atoms with van der Waals surface area (Å²) in [5, 5.41) is 0. The normalized spacial score (nSPS) is 16.5. The SMILES string of the molecule is CCCCCCCCCCCCCC1N(Cc2ccccc2)C=CN1C(C)C. The molecule has 0 saturated heterocycles. The van der Waals surface area contributed by atoms with Gasteiger partial charge in [0.25, 0.3) is 0 Å². The lowest BCUT2D eigenvalue weighted by molar-refractivity contribution is 0.110. The molecule has 2 nitrogen and oxygen atoms in total. The Bertz CT molecular complexity index is 522. The van der Waals surface area contributed by atoms with Gasteiger partial charge in [-0.15, -0.1) is 0 Å². The monoisotopic (exact) mass is 384 g/mol. The van der Waals surface area contributed by atoms with Gasteiger partial charge in [-0.1, -0.05) is 101 Å². The molecule has 158 valence electrons. The highest BCUT2D eigenvalue weighted by Crippen LogP contribution is 2.25. The minimum absolute atomic E-state index is 0.527. The van der Waals surface area contributed by atoms with E-state index in [1.807, 2.05) is 0 Å². The molecule has 0 bridgehead atoms. The van der Waals surface area contributed by atoms with Gasteiger partial charge < -0.3 is 9.80 Å². The second-order valence-corrected chi connectivity index (χ2v) is 8.80. The van der Waals surface area contributed by atoms with Gasteiger partial charge in [0.05, 0.1) is 0 Å². The molecule has 0 amide bonds. The Labute approximate surface area is 175 Å². The Hall–Kier alpha value is -1.44. The van der Waals surface area contributed by atoms with Gasteiger partial charge in [0.1, 0.15) is 6.17 Å². The third-order valence-corrected chi connectivity index (χ3v) is 6.03. The van der Waals surface area contributed by atoms with Gasteiger partial charge >= 0.3 is 0 Å². The maximum atomic E-state index is 2.54. The largest absolute Gasteiger partial charge is 0.354 e. The molecule has 0 aliphatic carbocycles. The number of benzene rings is 1. The van der Waals surface area contributed by atoms with Crippen molar-refractivity contribution < 1.29 is 0 Å². The number of hydrogen-bond acceptors (Lipinski definition) is 2.